The van der Waals surface area contributed by atoms with Crippen LogP contribution in [0.3, 0.4) is 0 Å². The highest BCUT2D eigenvalue weighted by Crippen LogP contribution is 2.24. The topological polar surface area (TPSA) is 59.8 Å². The van der Waals surface area contributed by atoms with E-state index in [1.54, 1.807) is 6.08 Å². The molecule has 6 heteroatoms. The maximum atomic E-state index is 12.3. The normalized spacial score (nSPS) is 10.6. The van der Waals surface area contributed by atoms with Gasteiger partial charge in [0.05, 0.1) is 5.75 Å². The van der Waals surface area contributed by atoms with E-state index in [4.69, 9.17) is 0 Å². The second kappa shape index (κ2) is 9.37. The molecule has 0 fully saturated rings. The highest BCUT2D eigenvalue weighted by atomic mass is 32.2. The lowest BCUT2D eigenvalue weighted by molar-refractivity contribution is -0.113. The molecule has 1 aromatic heterocycles. The summed E-state index contributed by atoms with van der Waals surface area (Å²) in [6.45, 7) is 8.56. The van der Waals surface area contributed by atoms with Crippen LogP contribution in [0, 0.1) is 6.92 Å². The number of nitrogens with zero attached hydrogens (tertiary/aromatic N) is 3. The molecule has 144 valence electrons. The van der Waals surface area contributed by atoms with Crippen LogP contribution in [0.2, 0.25) is 0 Å². The maximum Gasteiger partial charge on any atom is 0.234 e. The highest BCUT2D eigenvalue weighted by molar-refractivity contribution is 7.99. The van der Waals surface area contributed by atoms with Crippen molar-refractivity contribution < 1.29 is 4.79 Å². The number of allylic oxidation sites excluding steroid dienone is 1. The number of carbonyl (C=O) groups excluding carboxylic acids is 1. The minimum absolute atomic E-state index is 0.0701. The number of rotatable bonds is 8. The third-order valence-corrected chi connectivity index (χ3v) is 5.28. The Morgan fingerprint density at radius 1 is 1.14 bits per heavy atom. The highest BCUT2D eigenvalue weighted by Gasteiger charge is 2.15. The maximum absolute atomic E-state index is 12.3. The number of aryl methyl sites for hydroxylation is 2. The number of aromatic nitrogens is 3. The summed E-state index contributed by atoms with van der Waals surface area (Å²) in [7, 11) is 0. The summed E-state index contributed by atoms with van der Waals surface area (Å²) >= 11 is 1.37. The Bertz CT molecular complexity index is 946. The van der Waals surface area contributed by atoms with Crippen molar-refractivity contribution in [2.75, 3.05) is 11.1 Å². The van der Waals surface area contributed by atoms with Gasteiger partial charge < -0.3 is 5.32 Å². The molecule has 0 radical (unpaired) electrons. The van der Waals surface area contributed by atoms with Crippen LogP contribution in [0.1, 0.15) is 18.1 Å². The molecule has 3 rings (SSSR count). The number of nitrogens with one attached hydrogen (secondary N) is 1. The molecular formula is C22H24N4OS. The van der Waals surface area contributed by atoms with Crippen LogP contribution in [0.5, 0.6) is 0 Å². The van der Waals surface area contributed by atoms with Crippen LogP contribution in [0.4, 0.5) is 5.69 Å². The average Bonchev–Trinajstić information content (AvgIpc) is 3.10. The molecule has 0 spiro atoms. The molecule has 2 aromatic carbocycles. The van der Waals surface area contributed by atoms with Gasteiger partial charge >= 0.3 is 0 Å². The first-order valence-corrected chi connectivity index (χ1v) is 10.2. The van der Waals surface area contributed by atoms with Crippen LogP contribution in [0.25, 0.3) is 11.4 Å². The average molecular weight is 393 g/mol. The molecule has 3 aromatic rings. The van der Waals surface area contributed by atoms with E-state index in [0.29, 0.717) is 11.7 Å². The fourth-order valence-electron chi connectivity index (χ4n) is 2.76. The van der Waals surface area contributed by atoms with E-state index in [1.165, 1.54) is 22.9 Å². The van der Waals surface area contributed by atoms with Gasteiger partial charge in [-0.2, -0.15) is 0 Å². The van der Waals surface area contributed by atoms with Crippen LogP contribution in [-0.2, 0) is 17.8 Å². The lowest BCUT2D eigenvalue weighted by Crippen LogP contribution is -2.14. The van der Waals surface area contributed by atoms with E-state index >= 15 is 0 Å². The van der Waals surface area contributed by atoms with Gasteiger partial charge in [0.25, 0.3) is 0 Å². The zero-order chi connectivity index (χ0) is 19.9. The number of amides is 1. The second-order valence-corrected chi connectivity index (χ2v) is 7.40. The van der Waals surface area contributed by atoms with Crippen molar-refractivity contribution in [2.24, 2.45) is 0 Å². The minimum atomic E-state index is -0.0701. The first-order valence-electron chi connectivity index (χ1n) is 9.23. The molecule has 28 heavy (non-hydrogen) atoms. The molecule has 0 aliphatic heterocycles. The molecule has 0 atom stereocenters. The molecule has 1 N–H and O–H groups in total. The van der Waals surface area contributed by atoms with Crippen LogP contribution < -0.4 is 5.32 Å². The Balaban J connectivity index is 1.68. The second-order valence-electron chi connectivity index (χ2n) is 6.46. The fourth-order valence-corrected chi connectivity index (χ4v) is 3.50. The number of benzene rings is 2. The van der Waals surface area contributed by atoms with Crippen molar-refractivity contribution in [1.82, 2.24) is 14.8 Å². The zero-order valence-electron chi connectivity index (χ0n) is 16.2. The monoisotopic (exact) mass is 392 g/mol. The number of hydrogen-bond acceptors (Lipinski definition) is 4. The van der Waals surface area contributed by atoms with E-state index in [1.807, 2.05) is 60.0 Å². The van der Waals surface area contributed by atoms with Gasteiger partial charge in [0.2, 0.25) is 5.91 Å². The number of carbonyl (C=O) groups is 1. The van der Waals surface area contributed by atoms with Crippen LogP contribution in [-0.4, -0.2) is 26.4 Å². The Morgan fingerprint density at radius 2 is 1.86 bits per heavy atom. The Kier molecular flexibility index (Phi) is 6.66. The SMILES string of the molecule is C=CCn1c(SCC(=O)Nc2ccc(CC)cc2)nnc1-c1ccc(C)cc1. The van der Waals surface area contributed by atoms with E-state index in [-0.39, 0.29) is 11.7 Å². The summed E-state index contributed by atoms with van der Waals surface area (Å²) in [5.41, 5.74) is 4.23. The van der Waals surface area contributed by atoms with Gasteiger partial charge in [0.15, 0.2) is 11.0 Å². The summed E-state index contributed by atoms with van der Waals surface area (Å²) < 4.78 is 1.98. The third-order valence-electron chi connectivity index (χ3n) is 4.32. The van der Waals surface area contributed by atoms with Gasteiger partial charge in [0, 0.05) is 17.8 Å². The molecular weight excluding hydrogens is 368 g/mol. The van der Waals surface area contributed by atoms with Crippen LogP contribution in [0.15, 0.2) is 66.3 Å². The summed E-state index contributed by atoms with van der Waals surface area (Å²) in [6.07, 6.45) is 2.78. The molecule has 0 unspecified atom stereocenters. The van der Waals surface area contributed by atoms with Crippen molar-refractivity contribution in [3.63, 3.8) is 0 Å². The van der Waals surface area contributed by atoms with E-state index in [0.717, 1.165) is 23.5 Å². The van der Waals surface area contributed by atoms with Crippen molar-refractivity contribution >= 4 is 23.4 Å². The summed E-state index contributed by atoms with van der Waals surface area (Å²) in [6, 6.07) is 16.1. The quantitative estimate of drug-likeness (QED) is 0.445. The van der Waals surface area contributed by atoms with Gasteiger partial charge in [0.1, 0.15) is 0 Å². The molecule has 5 nitrogen and oxygen atoms in total. The van der Waals surface area contributed by atoms with Crippen molar-refractivity contribution in [1.29, 1.82) is 0 Å². The molecule has 0 aliphatic carbocycles. The van der Waals surface area contributed by atoms with Gasteiger partial charge in [-0.25, -0.2) is 0 Å². The first-order chi connectivity index (χ1) is 13.6. The summed E-state index contributed by atoms with van der Waals surface area (Å²) in [5, 5.41) is 12.2. The van der Waals surface area contributed by atoms with Gasteiger partial charge in [-0.1, -0.05) is 66.7 Å². The number of hydrogen-bond donors (Lipinski definition) is 1. The molecule has 0 saturated carbocycles. The van der Waals surface area contributed by atoms with Gasteiger partial charge in [-0.15, -0.1) is 16.8 Å². The lowest BCUT2D eigenvalue weighted by Gasteiger charge is -2.09. The minimum Gasteiger partial charge on any atom is -0.325 e. The van der Waals surface area contributed by atoms with Crippen molar-refractivity contribution in [2.45, 2.75) is 32.0 Å². The van der Waals surface area contributed by atoms with Crippen molar-refractivity contribution in [3.8, 4) is 11.4 Å². The fraction of sp³-hybridized carbons (Fsp3) is 0.227. The Morgan fingerprint density at radius 3 is 2.50 bits per heavy atom. The molecule has 0 saturated heterocycles. The molecule has 1 amide bonds. The van der Waals surface area contributed by atoms with E-state index < -0.39 is 0 Å². The lowest BCUT2D eigenvalue weighted by atomic mass is 10.1. The van der Waals surface area contributed by atoms with Crippen LogP contribution >= 0.6 is 11.8 Å². The first kappa shape index (κ1) is 19.9. The van der Waals surface area contributed by atoms with E-state index in [9.17, 15) is 4.79 Å². The predicted octanol–water partition coefficient (Wildman–Crippen LogP) is 4.73. The summed E-state index contributed by atoms with van der Waals surface area (Å²) in [5.74, 6) is 0.968. The number of anilines is 1. The molecule has 0 aliphatic rings. The Labute approximate surface area is 169 Å². The molecule has 1 heterocycles. The van der Waals surface area contributed by atoms with Crippen molar-refractivity contribution in [3.05, 3.63) is 72.3 Å². The zero-order valence-corrected chi connectivity index (χ0v) is 17.0. The Hall–Kier alpha value is -2.86. The standard InChI is InChI=1S/C22H24N4OS/c1-4-14-26-21(18-10-6-16(3)7-11-18)24-25-22(26)28-15-20(27)23-19-12-8-17(5-2)9-13-19/h4,6-13H,1,5,14-15H2,2-3H3,(H,23,27). The van der Waals surface area contributed by atoms with E-state index in [2.05, 4.69) is 29.0 Å². The third kappa shape index (κ3) is 4.89. The number of thioether (sulfide) groups is 1. The largest absolute Gasteiger partial charge is 0.325 e. The van der Waals surface area contributed by atoms with Gasteiger partial charge in [-0.3, -0.25) is 9.36 Å². The predicted molar refractivity (Wildman–Crippen MR) is 116 cm³/mol. The smallest absolute Gasteiger partial charge is 0.234 e. The summed E-state index contributed by atoms with van der Waals surface area (Å²) in [4.78, 5) is 12.3. The molecule has 0 bridgehead atoms. The van der Waals surface area contributed by atoms with Gasteiger partial charge in [-0.05, 0) is 31.0 Å².